The van der Waals surface area contributed by atoms with E-state index in [1.165, 1.54) is 0 Å². The third-order valence-electron chi connectivity index (χ3n) is 2.72. The molecule has 0 fully saturated rings. The summed E-state index contributed by atoms with van der Waals surface area (Å²) in [6.45, 7) is 0. The van der Waals surface area contributed by atoms with Gasteiger partial charge in [-0.2, -0.15) is 0 Å². The second kappa shape index (κ2) is 8.54. The van der Waals surface area contributed by atoms with Gasteiger partial charge >= 0.3 is 7.69 Å². The normalized spacial score (nSPS) is 9.59. The second-order valence-electron chi connectivity index (χ2n) is 4.15. The Morgan fingerprint density at radius 1 is 0.909 bits per heavy atom. The van der Waals surface area contributed by atoms with E-state index in [-0.39, 0.29) is 0 Å². The molecule has 1 heterocycles. The Labute approximate surface area is 139 Å². The van der Waals surface area contributed by atoms with Crippen molar-refractivity contribution in [3.8, 4) is 16.9 Å². The van der Waals surface area contributed by atoms with Gasteiger partial charge in [0.25, 0.3) is 0 Å². The number of halogens is 2. The fraction of sp³-hybridized carbons (Fsp3) is 0. The third-order valence-corrected chi connectivity index (χ3v) is 3.36. The summed E-state index contributed by atoms with van der Waals surface area (Å²) in [6.07, 6.45) is 3.32. The van der Waals surface area contributed by atoms with Crippen LogP contribution < -0.4 is 4.65 Å². The molecule has 3 rings (SSSR count). The number of furan rings is 1. The number of hydrogen-bond acceptors (Lipinski definition) is 3. The molecule has 0 unspecified atom stereocenters. The van der Waals surface area contributed by atoms with Gasteiger partial charge in [0.15, 0.2) is 0 Å². The molecular formula is C16H12BCl2O3. The van der Waals surface area contributed by atoms with E-state index in [9.17, 15) is 0 Å². The molecule has 0 saturated carbocycles. The SMILES string of the molecule is Clc1ccccc1-c1ccoc1.O[B]Oc1ccccc1Cl. The van der Waals surface area contributed by atoms with Crippen LogP contribution in [0.2, 0.25) is 10.0 Å². The fourth-order valence-corrected chi connectivity index (χ4v) is 2.14. The molecule has 0 saturated heterocycles. The number of hydrogen-bond donors (Lipinski definition) is 1. The van der Waals surface area contributed by atoms with E-state index in [0.717, 1.165) is 16.1 Å². The third kappa shape index (κ3) is 4.56. The highest BCUT2D eigenvalue weighted by Gasteiger charge is 2.02. The van der Waals surface area contributed by atoms with Gasteiger partial charge in [-0.25, -0.2) is 0 Å². The van der Waals surface area contributed by atoms with E-state index in [0.29, 0.717) is 18.5 Å². The van der Waals surface area contributed by atoms with E-state index in [1.54, 1.807) is 36.8 Å². The summed E-state index contributed by atoms with van der Waals surface area (Å²) in [6, 6.07) is 16.5. The van der Waals surface area contributed by atoms with Crippen molar-refractivity contribution in [2.75, 3.05) is 0 Å². The molecule has 0 aliphatic rings. The van der Waals surface area contributed by atoms with Gasteiger partial charge in [0.05, 0.1) is 17.5 Å². The van der Waals surface area contributed by atoms with Crippen LogP contribution in [0.1, 0.15) is 0 Å². The van der Waals surface area contributed by atoms with Crippen molar-refractivity contribution in [3.05, 3.63) is 77.2 Å². The first-order chi connectivity index (χ1) is 10.7. The summed E-state index contributed by atoms with van der Waals surface area (Å²) in [5.74, 6) is 0.451. The molecule has 0 aliphatic heterocycles. The zero-order valence-corrected chi connectivity index (χ0v) is 13.0. The predicted octanol–water partition coefficient (Wildman–Crippen LogP) is 4.85. The van der Waals surface area contributed by atoms with E-state index in [4.69, 9.17) is 32.6 Å². The van der Waals surface area contributed by atoms with Crippen molar-refractivity contribution in [2.45, 2.75) is 0 Å². The highest BCUT2D eigenvalue weighted by molar-refractivity contribution is 6.33. The average molecular weight is 334 g/mol. The van der Waals surface area contributed by atoms with Gasteiger partial charge in [-0.15, -0.1) is 0 Å². The second-order valence-corrected chi connectivity index (χ2v) is 4.96. The zero-order valence-electron chi connectivity index (χ0n) is 11.4. The number of para-hydroxylation sites is 1. The maximum atomic E-state index is 8.24. The molecule has 0 amide bonds. The highest BCUT2D eigenvalue weighted by Crippen LogP contribution is 2.27. The lowest BCUT2D eigenvalue weighted by Crippen LogP contribution is -1.99. The van der Waals surface area contributed by atoms with Crippen molar-refractivity contribution in [3.63, 3.8) is 0 Å². The Bertz CT molecular complexity index is 702. The van der Waals surface area contributed by atoms with Crippen LogP contribution in [0, 0.1) is 0 Å². The average Bonchev–Trinajstić information content (AvgIpc) is 3.05. The molecule has 1 radical (unpaired) electrons. The van der Waals surface area contributed by atoms with Crippen molar-refractivity contribution in [1.29, 1.82) is 0 Å². The highest BCUT2D eigenvalue weighted by atomic mass is 35.5. The maximum Gasteiger partial charge on any atom is 0.569 e. The Hall–Kier alpha value is -1.88. The molecule has 0 aliphatic carbocycles. The molecule has 0 bridgehead atoms. The maximum absolute atomic E-state index is 8.24. The first-order valence-corrected chi connectivity index (χ1v) is 7.12. The Kier molecular flexibility index (Phi) is 6.40. The summed E-state index contributed by atoms with van der Waals surface area (Å²) < 4.78 is 9.60. The van der Waals surface area contributed by atoms with Crippen molar-refractivity contribution < 1.29 is 14.1 Å². The van der Waals surface area contributed by atoms with Crippen LogP contribution >= 0.6 is 23.2 Å². The molecule has 2 aromatic carbocycles. The van der Waals surface area contributed by atoms with Gasteiger partial charge in [-0.1, -0.05) is 53.5 Å². The standard InChI is InChI=1S/C10H7ClO.C6H5BClO2/c11-10-4-2-1-3-9(10)8-5-6-12-7-8;8-5-3-1-2-4-6(5)10-7-9/h1-7H;1-4,9H. The van der Waals surface area contributed by atoms with Crippen LogP contribution in [0.15, 0.2) is 71.5 Å². The molecule has 1 N–H and O–H groups in total. The fourth-order valence-electron chi connectivity index (χ4n) is 1.71. The first kappa shape index (κ1) is 16.5. The Morgan fingerprint density at radius 3 is 2.18 bits per heavy atom. The van der Waals surface area contributed by atoms with Crippen LogP contribution in [-0.4, -0.2) is 12.7 Å². The quantitative estimate of drug-likeness (QED) is 0.697. The van der Waals surface area contributed by atoms with E-state index < -0.39 is 0 Å². The van der Waals surface area contributed by atoms with E-state index in [1.807, 2.05) is 30.3 Å². The largest absolute Gasteiger partial charge is 0.569 e. The minimum absolute atomic E-state index is 0.451. The molecule has 3 nitrogen and oxygen atoms in total. The summed E-state index contributed by atoms with van der Waals surface area (Å²) in [4.78, 5) is 0. The van der Waals surface area contributed by atoms with Gasteiger partial charge in [0, 0.05) is 16.1 Å². The summed E-state index contributed by atoms with van der Waals surface area (Å²) >= 11 is 11.6. The van der Waals surface area contributed by atoms with E-state index in [2.05, 4.69) is 4.65 Å². The molecule has 111 valence electrons. The smallest absolute Gasteiger partial charge is 0.536 e. The van der Waals surface area contributed by atoms with Crippen LogP contribution in [-0.2, 0) is 0 Å². The monoisotopic (exact) mass is 333 g/mol. The van der Waals surface area contributed by atoms with Crippen LogP contribution in [0.25, 0.3) is 11.1 Å². The van der Waals surface area contributed by atoms with Gasteiger partial charge in [-0.05, 0) is 24.3 Å². The minimum atomic E-state index is 0.451. The lowest BCUT2D eigenvalue weighted by atomic mass is 10.1. The van der Waals surface area contributed by atoms with Crippen LogP contribution in [0.4, 0.5) is 0 Å². The van der Waals surface area contributed by atoms with Gasteiger partial charge in [0.1, 0.15) is 5.75 Å². The molecule has 22 heavy (non-hydrogen) atoms. The zero-order chi connectivity index (χ0) is 15.8. The van der Waals surface area contributed by atoms with Gasteiger partial charge in [-0.3, -0.25) is 0 Å². The van der Waals surface area contributed by atoms with Crippen molar-refractivity contribution in [2.24, 2.45) is 0 Å². The minimum Gasteiger partial charge on any atom is -0.536 e. The van der Waals surface area contributed by atoms with Crippen LogP contribution in [0.3, 0.4) is 0 Å². The molecular weight excluding hydrogens is 322 g/mol. The van der Waals surface area contributed by atoms with Crippen LogP contribution in [0.5, 0.6) is 5.75 Å². The van der Waals surface area contributed by atoms with Gasteiger partial charge in [0.2, 0.25) is 0 Å². The first-order valence-electron chi connectivity index (χ1n) is 6.36. The Morgan fingerprint density at radius 2 is 1.59 bits per heavy atom. The molecule has 6 heteroatoms. The molecule has 0 atom stereocenters. The Balaban J connectivity index is 0.000000164. The molecule has 3 aromatic rings. The predicted molar refractivity (Wildman–Crippen MR) is 89.2 cm³/mol. The topological polar surface area (TPSA) is 42.6 Å². The lowest BCUT2D eigenvalue weighted by Gasteiger charge is -2.01. The molecule has 0 spiro atoms. The summed E-state index contributed by atoms with van der Waals surface area (Å²) in [5, 5.41) is 9.47. The van der Waals surface area contributed by atoms with Crippen molar-refractivity contribution >= 4 is 30.9 Å². The summed E-state index contributed by atoms with van der Waals surface area (Å²) in [5.41, 5.74) is 2.02. The lowest BCUT2D eigenvalue weighted by molar-refractivity contribution is 0.454. The van der Waals surface area contributed by atoms with Gasteiger partial charge < -0.3 is 14.1 Å². The number of benzene rings is 2. The summed E-state index contributed by atoms with van der Waals surface area (Å²) in [7, 11) is 0.598. The van der Waals surface area contributed by atoms with E-state index >= 15 is 0 Å². The number of rotatable bonds is 3. The molecule has 1 aromatic heterocycles. The van der Waals surface area contributed by atoms with Crippen molar-refractivity contribution in [1.82, 2.24) is 0 Å².